The molecule has 5 heteroatoms. The van der Waals surface area contributed by atoms with Gasteiger partial charge >= 0.3 is 0 Å². The van der Waals surface area contributed by atoms with E-state index >= 15 is 0 Å². The average molecular weight is 319 g/mol. The lowest BCUT2D eigenvalue weighted by molar-refractivity contribution is 0.276. The maximum absolute atomic E-state index is 11.7. The van der Waals surface area contributed by atoms with Gasteiger partial charge in [-0.05, 0) is 46.9 Å². The highest BCUT2D eigenvalue weighted by Crippen LogP contribution is 2.19. The molecule has 21 heavy (non-hydrogen) atoms. The lowest BCUT2D eigenvalue weighted by Crippen LogP contribution is -2.05. The highest BCUT2D eigenvalue weighted by atomic mass is 32.2. The molecule has 2 aromatic rings. The number of hydrogen-bond acceptors (Lipinski definition) is 3. The summed E-state index contributed by atoms with van der Waals surface area (Å²) in [5.41, 5.74) is 1.98. The monoisotopic (exact) mass is 319 g/mol. The zero-order chi connectivity index (χ0) is 15.1. The van der Waals surface area contributed by atoms with Gasteiger partial charge in [-0.2, -0.15) is 0 Å². The van der Waals surface area contributed by atoms with Gasteiger partial charge in [0.25, 0.3) is 4.45 Å². The summed E-state index contributed by atoms with van der Waals surface area (Å²) in [6.07, 6.45) is 0.815. The van der Waals surface area contributed by atoms with Gasteiger partial charge in [0.05, 0.1) is 12.8 Å². The van der Waals surface area contributed by atoms with E-state index in [1.807, 2.05) is 42.5 Å². The molecule has 0 N–H and O–H groups in total. The Morgan fingerprint density at radius 3 is 2.38 bits per heavy atom. The van der Waals surface area contributed by atoms with Crippen molar-refractivity contribution in [3.8, 4) is 5.75 Å². The number of carbonyl (C=O) groups is 1. The maximum atomic E-state index is 11.7. The molecule has 110 valence electrons. The molecule has 1 atom stereocenters. The van der Waals surface area contributed by atoms with Crippen LogP contribution in [0.15, 0.2) is 59.0 Å². The van der Waals surface area contributed by atoms with Crippen molar-refractivity contribution >= 4 is 33.5 Å². The molecule has 3 nitrogen and oxygen atoms in total. The van der Waals surface area contributed by atoms with Crippen LogP contribution >= 0.6 is 12.6 Å². The molecule has 0 heterocycles. The summed E-state index contributed by atoms with van der Waals surface area (Å²) < 4.78 is 9.42. The third kappa shape index (κ3) is 5.02. The zero-order valence-electron chi connectivity index (χ0n) is 11.7. The Labute approximate surface area is 132 Å². The molecule has 0 saturated heterocycles. The number of nitrogens with zero attached hydrogens (tertiary/aromatic N) is 1. The third-order valence-corrected chi connectivity index (χ3v) is 4.97. The van der Waals surface area contributed by atoms with Gasteiger partial charge < -0.3 is 4.74 Å². The van der Waals surface area contributed by atoms with Gasteiger partial charge in [0.1, 0.15) is 5.75 Å². The average Bonchev–Trinajstić information content (AvgIpc) is 2.52. The highest BCUT2D eigenvalue weighted by molar-refractivity contribution is 8.25. The summed E-state index contributed by atoms with van der Waals surface area (Å²) in [6, 6.07) is 17.4. The lowest BCUT2D eigenvalue weighted by atomic mass is 10.2. The Hall–Kier alpha value is -1.59. The maximum Gasteiger partial charge on any atom is 0.253 e. The lowest BCUT2D eigenvalue weighted by Gasteiger charge is -2.05. The molecule has 0 radical (unpaired) electrons. The van der Waals surface area contributed by atoms with Crippen LogP contribution in [0, 0.1) is 0 Å². The minimum atomic E-state index is -0.727. The molecule has 2 aromatic carbocycles. The van der Waals surface area contributed by atoms with Gasteiger partial charge in [0, 0.05) is 5.75 Å². The van der Waals surface area contributed by atoms with Crippen molar-refractivity contribution in [1.29, 1.82) is 0 Å². The number of hydrogen-bond donors (Lipinski definition) is 1. The van der Waals surface area contributed by atoms with Gasteiger partial charge in [0.15, 0.2) is 0 Å². The van der Waals surface area contributed by atoms with Crippen LogP contribution in [0.25, 0.3) is 0 Å². The van der Waals surface area contributed by atoms with Crippen molar-refractivity contribution in [2.45, 2.75) is 6.42 Å². The van der Waals surface area contributed by atoms with Crippen LogP contribution in [0.5, 0.6) is 5.75 Å². The normalized spacial score (nSPS) is 12.1. The number of aryl methyl sites for hydroxylation is 1. The minimum Gasteiger partial charge on any atom is -0.497 e. The Bertz CT molecular complexity index is 624. The van der Waals surface area contributed by atoms with Crippen LogP contribution in [0.2, 0.25) is 0 Å². The minimum absolute atomic E-state index is 0.179. The van der Waals surface area contributed by atoms with Gasteiger partial charge in [-0.25, -0.2) is 4.36 Å². The number of carbonyl (C=O) groups excluding carboxylic acids is 1. The standard InChI is InChI=1S/C16H17NO2S2/c1-19-15-9-7-14(8-10-15)17-21(16(18)20)12-11-13-5-3-2-4-6-13/h2-10H,11-12H2,1H3,(H,18,20). The summed E-state index contributed by atoms with van der Waals surface area (Å²) in [4.78, 5) is 11.7. The van der Waals surface area contributed by atoms with E-state index < -0.39 is 10.7 Å². The van der Waals surface area contributed by atoms with Crippen LogP contribution < -0.4 is 4.74 Å². The topological polar surface area (TPSA) is 38.7 Å². The first-order valence-electron chi connectivity index (χ1n) is 6.52. The fraction of sp³-hybridized carbons (Fsp3) is 0.188. The fourth-order valence-electron chi connectivity index (χ4n) is 1.80. The van der Waals surface area contributed by atoms with Crippen LogP contribution in [0.4, 0.5) is 10.5 Å². The van der Waals surface area contributed by atoms with Crippen molar-refractivity contribution in [3.63, 3.8) is 0 Å². The molecular weight excluding hydrogens is 302 g/mol. The summed E-state index contributed by atoms with van der Waals surface area (Å²) in [6.45, 7) is 0. The van der Waals surface area contributed by atoms with Crippen molar-refractivity contribution < 1.29 is 9.53 Å². The summed E-state index contributed by atoms with van der Waals surface area (Å²) >= 11 is 3.96. The molecule has 0 bridgehead atoms. The molecule has 0 fully saturated rings. The van der Waals surface area contributed by atoms with E-state index in [0.717, 1.165) is 17.9 Å². The highest BCUT2D eigenvalue weighted by Gasteiger charge is 2.06. The van der Waals surface area contributed by atoms with E-state index in [9.17, 15) is 4.79 Å². The van der Waals surface area contributed by atoms with Gasteiger partial charge in [-0.1, -0.05) is 43.0 Å². The Kier molecular flexibility index (Phi) is 6.02. The van der Waals surface area contributed by atoms with Crippen molar-refractivity contribution in [2.24, 2.45) is 4.36 Å². The van der Waals surface area contributed by atoms with Gasteiger partial charge in [-0.3, -0.25) is 4.79 Å². The first-order chi connectivity index (χ1) is 10.2. The third-order valence-electron chi connectivity index (χ3n) is 2.92. The molecule has 0 aliphatic heterocycles. The summed E-state index contributed by atoms with van der Waals surface area (Å²) in [7, 11) is 0.892. The molecule has 1 unspecified atom stereocenters. The number of benzene rings is 2. The fourth-order valence-corrected chi connectivity index (χ4v) is 3.35. The molecule has 0 aliphatic rings. The van der Waals surface area contributed by atoms with Crippen LogP contribution in [-0.4, -0.2) is 17.3 Å². The predicted molar refractivity (Wildman–Crippen MR) is 91.8 cm³/mol. The Morgan fingerprint density at radius 2 is 1.81 bits per heavy atom. The molecule has 0 spiro atoms. The first kappa shape index (κ1) is 15.8. The van der Waals surface area contributed by atoms with Crippen molar-refractivity contribution in [3.05, 3.63) is 60.2 Å². The van der Waals surface area contributed by atoms with Crippen LogP contribution in [-0.2, 0) is 17.1 Å². The number of ether oxygens (including phenoxy) is 1. The van der Waals surface area contributed by atoms with Crippen molar-refractivity contribution in [2.75, 3.05) is 12.9 Å². The number of thiol groups is 1. The summed E-state index contributed by atoms with van der Waals surface area (Å²) in [5.74, 6) is 1.45. The largest absolute Gasteiger partial charge is 0.497 e. The van der Waals surface area contributed by atoms with E-state index in [4.69, 9.17) is 4.74 Å². The second-order valence-corrected chi connectivity index (χ2v) is 6.76. The molecule has 0 saturated carbocycles. The zero-order valence-corrected chi connectivity index (χ0v) is 13.4. The molecule has 0 aromatic heterocycles. The first-order valence-corrected chi connectivity index (χ1v) is 8.32. The second-order valence-electron chi connectivity index (χ2n) is 4.36. The SMILES string of the molecule is COc1ccc(N=S(CCc2ccccc2)C(=O)S)cc1. The van der Waals surface area contributed by atoms with Crippen molar-refractivity contribution in [1.82, 2.24) is 0 Å². The van der Waals surface area contributed by atoms with E-state index in [2.05, 4.69) is 29.1 Å². The van der Waals surface area contributed by atoms with Crippen LogP contribution in [0.3, 0.4) is 0 Å². The van der Waals surface area contributed by atoms with Gasteiger partial charge in [-0.15, -0.1) is 0 Å². The number of rotatable bonds is 5. The van der Waals surface area contributed by atoms with E-state index in [0.29, 0.717) is 5.75 Å². The number of methoxy groups -OCH3 is 1. The molecular formula is C16H17NO2S2. The molecule has 0 aliphatic carbocycles. The van der Waals surface area contributed by atoms with Crippen LogP contribution in [0.1, 0.15) is 5.56 Å². The van der Waals surface area contributed by atoms with Gasteiger partial charge in [0.2, 0.25) is 0 Å². The molecule has 0 amide bonds. The quantitative estimate of drug-likeness (QED) is 0.829. The van der Waals surface area contributed by atoms with E-state index in [1.54, 1.807) is 7.11 Å². The second kappa shape index (κ2) is 8.00. The summed E-state index contributed by atoms with van der Waals surface area (Å²) in [5, 5.41) is 0. The Morgan fingerprint density at radius 1 is 1.14 bits per heavy atom. The van der Waals surface area contributed by atoms with E-state index in [1.165, 1.54) is 5.56 Å². The molecule has 2 rings (SSSR count). The Balaban J connectivity index is 2.10. The smallest absolute Gasteiger partial charge is 0.253 e. The van der Waals surface area contributed by atoms with E-state index in [-0.39, 0.29) is 4.45 Å². The predicted octanol–water partition coefficient (Wildman–Crippen LogP) is 4.42.